The van der Waals surface area contributed by atoms with E-state index in [9.17, 15) is 0 Å². The van der Waals surface area contributed by atoms with Gasteiger partial charge < -0.3 is 0 Å². The molecular weight excluding hydrogens is 693 g/mol. The fraction of sp³-hybridized carbons (Fsp3) is 0.0377. The van der Waals surface area contributed by atoms with Gasteiger partial charge in [0.15, 0.2) is 11.6 Å². The molecule has 2 aliphatic rings. The predicted octanol–water partition coefficient (Wildman–Crippen LogP) is 12.2. The van der Waals surface area contributed by atoms with Crippen LogP contribution in [0.1, 0.15) is 33.4 Å². The number of hydrogen-bond donors (Lipinski definition) is 0. The maximum atomic E-state index is 5.41. The Kier molecular flexibility index (Phi) is 6.87. The van der Waals surface area contributed by atoms with Gasteiger partial charge in [-0.3, -0.25) is 4.57 Å². The van der Waals surface area contributed by atoms with Crippen LogP contribution in [0, 0.1) is 0 Å². The van der Waals surface area contributed by atoms with Gasteiger partial charge in [0.05, 0.1) is 16.4 Å². The summed E-state index contributed by atoms with van der Waals surface area (Å²) in [6.45, 7) is 0. The zero-order valence-electron chi connectivity index (χ0n) is 31.0. The molecule has 0 saturated carbocycles. The van der Waals surface area contributed by atoms with E-state index >= 15 is 0 Å². The molecule has 0 radical (unpaired) electrons. The zero-order chi connectivity index (χ0) is 37.5. The third kappa shape index (κ3) is 4.53. The van der Waals surface area contributed by atoms with Crippen molar-refractivity contribution in [2.45, 2.75) is 11.8 Å². The largest absolute Gasteiger partial charge is 0.278 e. The van der Waals surface area contributed by atoms with Crippen LogP contribution in [0.3, 0.4) is 0 Å². The van der Waals surface area contributed by atoms with E-state index in [1.807, 2.05) is 18.2 Å². The summed E-state index contributed by atoms with van der Waals surface area (Å²) in [6.07, 6.45) is 0.842. The number of aromatic nitrogens is 4. The Morgan fingerprint density at radius 1 is 0.421 bits per heavy atom. The van der Waals surface area contributed by atoms with Crippen LogP contribution in [0.4, 0.5) is 0 Å². The molecule has 266 valence electrons. The lowest BCUT2D eigenvalue weighted by atomic mass is 9.67. The number of para-hydroxylation sites is 1. The summed E-state index contributed by atoms with van der Waals surface area (Å²) in [6, 6.07) is 69.8. The van der Waals surface area contributed by atoms with Crippen molar-refractivity contribution in [3.63, 3.8) is 0 Å². The molecule has 4 heteroatoms. The van der Waals surface area contributed by atoms with Crippen molar-refractivity contribution >= 4 is 21.8 Å². The highest BCUT2D eigenvalue weighted by Gasteiger charge is 2.47. The van der Waals surface area contributed by atoms with Crippen molar-refractivity contribution < 1.29 is 0 Å². The molecule has 0 amide bonds. The van der Waals surface area contributed by atoms with E-state index in [1.165, 1.54) is 61.0 Å². The van der Waals surface area contributed by atoms with Crippen molar-refractivity contribution in [3.8, 4) is 51.0 Å². The Balaban J connectivity index is 1.17. The van der Waals surface area contributed by atoms with Gasteiger partial charge >= 0.3 is 0 Å². The highest BCUT2D eigenvalue weighted by Crippen LogP contribution is 2.58. The van der Waals surface area contributed by atoms with E-state index in [2.05, 4.69) is 180 Å². The van der Waals surface area contributed by atoms with Gasteiger partial charge in [-0.15, -0.1) is 0 Å². The molecule has 0 N–H and O–H groups in total. The molecule has 12 rings (SSSR count). The fourth-order valence-electron chi connectivity index (χ4n) is 9.87. The summed E-state index contributed by atoms with van der Waals surface area (Å²) in [7, 11) is 0. The molecular formula is C53H34N4. The van der Waals surface area contributed by atoms with Crippen molar-refractivity contribution in [1.29, 1.82) is 0 Å². The van der Waals surface area contributed by atoms with Gasteiger partial charge in [-0.1, -0.05) is 182 Å². The summed E-state index contributed by atoms with van der Waals surface area (Å²) in [5.41, 5.74) is 16.3. The maximum absolute atomic E-state index is 5.41. The van der Waals surface area contributed by atoms with Crippen molar-refractivity contribution in [2.24, 2.45) is 0 Å². The van der Waals surface area contributed by atoms with Crippen LogP contribution < -0.4 is 0 Å². The molecule has 57 heavy (non-hydrogen) atoms. The highest BCUT2D eigenvalue weighted by atomic mass is 15.2. The second kappa shape index (κ2) is 12.3. The first kappa shape index (κ1) is 31.9. The molecule has 0 bridgehead atoms. The van der Waals surface area contributed by atoms with E-state index in [1.54, 1.807) is 0 Å². The predicted molar refractivity (Wildman–Crippen MR) is 231 cm³/mol. The standard InChI is InChI=1S/C53H34N4/c1-4-17-34(18-5-1)50-54-51(40-28-16-27-39-38-24-11-10-19-35(38)33-43(39)40)56-52(55-50)57-46-30-15-13-26-42(46)49-47(57)32-31-45-48(49)41-25-12-14-29-44(41)53(45,36-20-6-2-7-21-36)37-22-8-3-9-23-37/h1-32H,33H2. The third-order valence-electron chi connectivity index (χ3n) is 12.2. The first-order valence-electron chi connectivity index (χ1n) is 19.6. The lowest BCUT2D eigenvalue weighted by Gasteiger charge is -2.33. The van der Waals surface area contributed by atoms with E-state index in [0.29, 0.717) is 17.6 Å². The second-order valence-corrected chi connectivity index (χ2v) is 15.1. The molecule has 0 saturated heterocycles. The number of benzene rings is 8. The van der Waals surface area contributed by atoms with E-state index in [0.717, 1.165) is 34.0 Å². The molecule has 10 aromatic rings. The van der Waals surface area contributed by atoms with Crippen LogP contribution in [0.25, 0.3) is 72.8 Å². The molecule has 2 heterocycles. The van der Waals surface area contributed by atoms with E-state index < -0.39 is 5.41 Å². The molecule has 0 aliphatic heterocycles. The van der Waals surface area contributed by atoms with Crippen LogP contribution in [0.5, 0.6) is 0 Å². The first-order chi connectivity index (χ1) is 28.3. The molecule has 2 aliphatic carbocycles. The van der Waals surface area contributed by atoms with Crippen molar-refractivity contribution in [3.05, 3.63) is 228 Å². The third-order valence-corrected chi connectivity index (χ3v) is 12.2. The van der Waals surface area contributed by atoms with Crippen LogP contribution in [-0.2, 0) is 11.8 Å². The zero-order valence-corrected chi connectivity index (χ0v) is 31.0. The monoisotopic (exact) mass is 726 g/mol. The average molecular weight is 727 g/mol. The smallest absolute Gasteiger partial charge is 0.238 e. The molecule has 4 nitrogen and oxygen atoms in total. The lowest BCUT2D eigenvalue weighted by Crippen LogP contribution is -2.28. The number of fused-ring (bicyclic) bond motifs is 10. The molecule has 0 fully saturated rings. The Bertz CT molecular complexity index is 3160. The number of hydrogen-bond acceptors (Lipinski definition) is 3. The highest BCUT2D eigenvalue weighted by molar-refractivity contribution is 6.18. The topological polar surface area (TPSA) is 43.6 Å². The van der Waals surface area contributed by atoms with Crippen LogP contribution in [0.2, 0.25) is 0 Å². The summed E-state index contributed by atoms with van der Waals surface area (Å²) < 4.78 is 2.26. The molecule has 8 aromatic carbocycles. The van der Waals surface area contributed by atoms with Gasteiger partial charge in [0, 0.05) is 21.9 Å². The van der Waals surface area contributed by atoms with E-state index in [4.69, 9.17) is 15.0 Å². The quantitative estimate of drug-likeness (QED) is 0.177. The Labute approximate surface area is 330 Å². The summed E-state index contributed by atoms with van der Waals surface area (Å²) in [5, 5.41) is 2.36. The van der Waals surface area contributed by atoms with Crippen LogP contribution in [0.15, 0.2) is 194 Å². The summed E-state index contributed by atoms with van der Waals surface area (Å²) >= 11 is 0. The second-order valence-electron chi connectivity index (χ2n) is 15.1. The van der Waals surface area contributed by atoms with Crippen LogP contribution >= 0.6 is 0 Å². The van der Waals surface area contributed by atoms with E-state index in [-0.39, 0.29) is 0 Å². The molecule has 0 atom stereocenters. The molecule has 0 unspecified atom stereocenters. The SMILES string of the molecule is c1ccc(-c2nc(-c3cccc4c3Cc3ccccc3-4)nc(-n3c4ccccc4c4c5c(ccc43)C(c3ccccc3)(c3ccccc3)c3ccccc3-5)n2)cc1. The van der Waals surface area contributed by atoms with Gasteiger partial charge in [0.2, 0.25) is 5.95 Å². The number of rotatable bonds is 5. The minimum Gasteiger partial charge on any atom is -0.278 e. The summed E-state index contributed by atoms with van der Waals surface area (Å²) in [4.78, 5) is 15.9. The lowest BCUT2D eigenvalue weighted by molar-refractivity contribution is 0.769. The Morgan fingerprint density at radius 2 is 1.04 bits per heavy atom. The minimum atomic E-state index is -0.502. The van der Waals surface area contributed by atoms with Gasteiger partial charge in [0.1, 0.15) is 0 Å². The van der Waals surface area contributed by atoms with Gasteiger partial charge in [-0.05, 0) is 74.2 Å². The van der Waals surface area contributed by atoms with Gasteiger partial charge in [-0.2, -0.15) is 9.97 Å². The molecule has 2 aromatic heterocycles. The Morgan fingerprint density at radius 3 is 1.82 bits per heavy atom. The van der Waals surface area contributed by atoms with Crippen molar-refractivity contribution in [2.75, 3.05) is 0 Å². The number of nitrogens with zero attached hydrogens (tertiary/aromatic N) is 4. The first-order valence-corrected chi connectivity index (χ1v) is 19.6. The van der Waals surface area contributed by atoms with Crippen molar-refractivity contribution in [1.82, 2.24) is 19.5 Å². The normalized spacial score (nSPS) is 13.3. The minimum absolute atomic E-state index is 0.502. The fourth-order valence-corrected chi connectivity index (χ4v) is 9.87. The molecule has 0 spiro atoms. The maximum Gasteiger partial charge on any atom is 0.238 e. The Hall–Kier alpha value is -7.43. The average Bonchev–Trinajstić information content (AvgIpc) is 3.94. The van der Waals surface area contributed by atoms with Crippen LogP contribution in [-0.4, -0.2) is 19.5 Å². The van der Waals surface area contributed by atoms with Gasteiger partial charge in [0.25, 0.3) is 0 Å². The summed E-state index contributed by atoms with van der Waals surface area (Å²) in [5.74, 6) is 1.92. The van der Waals surface area contributed by atoms with Gasteiger partial charge in [-0.25, -0.2) is 4.98 Å².